The van der Waals surface area contributed by atoms with E-state index in [9.17, 15) is 13.6 Å². The van der Waals surface area contributed by atoms with Gasteiger partial charge in [0.05, 0.1) is 29.8 Å². The topological polar surface area (TPSA) is 61.9 Å². The van der Waals surface area contributed by atoms with Crippen molar-refractivity contribution in [1.29, 1.82) is 0 Å². The van der Waals surface area contributed by atoms with Crippen LogP contribution in [0.15, 0.2) is 36.7 Å². The van der Waals surface area contributed by atoms with E-state index < -0.39 is 23.6 Å². The molecule has 2 aromatic heterocycles. The molecule has 0 fully saturated rings. The van der Waals surface area contributed by atoms with Crippen LogP contribution in [0.2, 0.25) is 5.02 Å². The minimum atomic E-state index is -0.795. The number of halogens is 3. The number of carbonyl (C=O) groups excluding carboxylic acids is 1. The molecule has 0 aliphatic carbocycles. The lowest BCUT2D eigenvalue weighted by atomic mass is 9.95. The number of aromatic amines is 1. The first-order valence-electron chi connectivity index (χ1n) is 8.83. The molecule has 28 heavy (non-hydrogen) atoms. The highest BCUT2D eigenvalue weighted by Gasteiger charge is 2.44. The zero-order valence-electron chi connectivity index (χ0n) is 15.2. The van der Waals surface area contributed by atoms with E-state index in [0.717, 1.165) is 6.20 Å². The Balaban J connectivity index is 1.93. The highest BCUT2D eigenvalue weighted by Crippen LogP contribution is 2.43. The second-order valence-corrected chi connectivity index (χ2v) is 7.60. The summed E-state index contributed by atoms with van der Waals surface area (Å²) in [4.78, 5) is 18.3. The van der Waals surface area contributed by atoms with Crippen LogP contribution >= 0.6 is 11.6 Å². The van der Waals surface area contributed by atoms with E-state index in [-0.39, 0.29) is 27.9 Å². The van der Waals surface area contributed by atoms with E-state index in [2.05, 4.69) is 15.2 Å². The first-order chi connectivity index (χ1) is 13.4. The Morgan fingerprint density at radius 3 is 2.71 bits per heavy atom. The van der Waals surface area contributed by atoms with Gasteiger partial charge in [-0.15, -0.1) is 0 Å². The summed E-state index contributed by atoms with van der Waals surface area (Å²) < 4.78 is 28.7. The maximum Gasteiger partial charge on any atom is 0.277 e. The summed E-state index contributed by atoms with van der Waals surface area (Å²) >= 11 is 5.91. The molecule has 1 amide bonds. The van der Waals surface area contributed by atoms with Crippen molar-refractivity contribution in [2.24, 2.45) is 5.92 Å². The Morgan fingerprint density at radius 2 is 2.04 bits per heavy atom. The lowest BCUT2D eigenvalue weighted by molar-refractivity contribution is 0.0988. The van der Waals surface area contributed by atoms with Crippen LogP contribution in [0.1, 0.15) is 47.2 Å². The predicted octanol–water partition coefficient (Wildman–Crippen LogP) is 4.68. The number of rotatable bonds is 4. The number of fused-ring (bicyclic) bond motifs is 1. The number of hydrogen-bond acceptors (Lipinski definition) is 3. The van der Waals surface area contributed by atoms with Gasteiger partial charge in [0.25, 0.3) is 5.91 Å². The molecule has 3 heterocycles. The van der Waals surface area contributed by atoms with E-state index >= 15 is 0 Å². The first kappa shape index (κ1) is 18.6. The second kappa shape index (κ2) is 6.98. The van der Waals surface area contributed by atoms with Gasteiger partial charge in [0, 0.05) is 22.2 Å². The SMILES string of the molecule is CC(C)Cc1n[nH]c2c1C(c1ccc(Cl)cc1F)N(c1cncc(F)c1)C2=O. The standard InChI is InChI=1S/C20H17ClF2N4O/c1-10(2)5-16-17-18(26-25-16)20(28)27(13-7-12(22)8-24-9-13)19(17)14-4-3-11(21)6-15(14)23/h3-4,6-10,19H,5H2,1-2H3,(H,25,26). The van der Waals surface area contributed by atoms with Gasteiger partial charge in [0.2, 0.25) is 0 Å². The van der Waals surface area contributed by atoms with Gasteiger partial charge in [-0.3, -0.25) is 19.8 Å². The number of benzene rings is 1. The van der Waals surface area contributed by atoms with Crippen LogP contribution in [0.5, 0.6) is 0 Å². The largest absolute Gasteiger partial charge is 0.293 e. The van der Waals surface area contributed by atoms with Crippen molar-refractivity contribution in [1.82, 2.24) is 15.2 Å². The molecule has 1 aromatic carbocycles. The third-order valence-corrected chi connectivity index (χ3v) is 4.91. The number of carbonyl (C=O) groups is 1. The predicted molar refractivity (Wildman–Crippen MR) is 101 cm³/mol. The molecule has 144 valence electrons. The van der Waals surface area contributed by atoms with E-state index in [4.69, 9.17) is 11.6 Å². The lowest BCUT2D eigenvalue weighted by Crippen LogP contribution is -2.30. The quantitative estimate of drug-likeness (QED) is 0.689. The fourth-order valence-electron chi connectivity index (χ4n) is 3.57. The minimum absolute atomic E-state index is 0.240. The van der Waals surface area contributed by atoms with Gasteiger partial charge in [-0.1, -0.05) is 31.5 Å². The third-order valence-electron chi connectivity index (χ3n) is 4.67. The maximum atomic E-state index is 14.8. The molecule has 0 saturated heterocycles. The summed E-state index contributed by atoms with van der Waals surface area (Å²) in [5, 5.41) is 7.32. The maximum absolute atomic E-state index is 14.8. The van der Waals surface area contributed by atoms with Crippen molar-refractivity contribution in [3.63, 3.8) is 0 Å². The smallest absolute Gasteiger partial charge is 0.277 e. The molecule has 4 rings (SSSR count). The van der Waals surface area contributed by atoms with Crippen LogP contribution in [0.25, 0.3) is 0 Å². The van der Waals surface area contributed by atoms with Crippen LogP contribution in [-0.2, 0) is 6.42 Å². The van der Waals surface area contributed by atoms with Gasteiger partial charge < -0.3 is 0 Å². The van der Waals surface area contributed by atoms with Crippen molar-refractivity contribution in [3.05, 3.63) is 75.8 Å². The molecule has 0 radical (unpaired) electrons. The summed E-state index contributed by atoms with van der Waals surface area (Å²) in [6.45, 7) is 4.06. The molecule has 1 aliphatic rings. The van der Waals surface area contributed by atoms with Crippen LogP contribution in [0.3, 0.4) is 0 Å². The summed E-state index contributed by atoms with van der Waals surface area (Å²) in [6, 6.07) is 4.70. The zero-order chi connectivity index (χ0) is 20.0. The molecule has 8 heteroatoms. The fraction of sp³-hybridized carbons (Fsp3) is 0.250. The summed E-state index contributed by atoms with van der Waals surface area (Å²) in [5.41, 5.74) is 2.06. The molecular formula is C20H17ClF2N4O. The average Bonchev–Trinajstić information content (AvgIpc) is 3.14. The van der Waals surface area contributed by atoms with Gasteiger partial charge in [-0.25, -0.2) is 8.78 Å². The number of amides is 1. The Bertz CT molecular complexity index is 1070. The Kier molecular flexibility index (Phi) is 4.63. The molecule has 5 nitrogen and oxygen atoms in total. The third kappa shape index (κ3) is 3.05. The number of pyridine rings is 1. The molecular weight excluding hydrogens is 386 g/mol. The molecule has 0 saturated carbocycles. The van der Waals surface area contributed by atoms with E-state index in [1.807, 2.05) is 13.8 Å². The molecule has 0 bridgehead atoms. The van der Waals surface area contributed by atoms with Crippen molar-refractivity contribution < 1.29 is 13.6 Å². The summed E-state index contributed by atoms with van der Waals surface area (Å²) in [5.74, 6) is -1.27. The van der Waals surface area contributed by atoms with Crippen molar-refractivity contribution in [3.8, 4) is 0 Å². The van der Waals surface area contributed by atoms with Crippen molar-refractivity contribution >= 4 is 23.2 Å². The van der Waals surface area contributed by atoms with Gasteiger partial charge >= 0.3 is 0 Å². The van der Waals surface area contributed by atoms with E-state index in [1.54, 1.807) is 6.07 Å². The Labute approximate surface area is 165 Å². The number of anilines is 1. The van der Waals surface area contributed by atoms with E-state index in [1.165, 1.54) is 29.3 Å². The van der Waals surface area contributed by atoms with Gasteiger partial charge in [-0.2, -0.15) is 5.10 Å². The Hall–Kier alpha value is -2.80. The van der Waals surface area contributed by atoms with Crippen LogP contribution < -0.4 is 4.90 Å². The van der Waals surface area contributed by atoms with Crippen molar-refractivity contribution in [2.45, 2.75) is 26.3 Å². The van der Waals surface area contributed by atoms with Gasteiger partial charge in [0.15, 0.2) is 0 Å². The van der Waals surface area contributed by atoms with Crippen LogP contribution in [0.4, 0.5) is 14.5 Å². The number of nitrogens with one attached hydrogen (secondary N) is 1. The second-order valence-electron chi connectivity index (χ2n) is 7.16. The highest BCUT2D eigenvalue weighted by atomic mass is 35.5. The molecule has 1 aliphatic heterocycles. The Morgan fingerprint density at radius 1 is 1.25 bits per heavy atom. The summed E-state index contributed by atoms with van der Waals surface area (Å²) in [6.07, 6.45) is 3.04. The normalized spacial score (nSPS) is 16.1. The number of aromatic nitrogens is 3. The average molecular weight is 403 g/mol. The molecule has 3 aromatic rings. The molecule has 1 atom stereocenters. The van der Waals surface area contributed by atoms with Crippen LogP contribution in [-0.4, -0.2) is 21.1 Å². The summed E-state index contributed by atoms with van der Waals surface area (Å²) in [7, 11) is 0. The van der Waals surface area contributed by atoms with Crippen molar-refractivity contribution in [2.75, 3.05) is 4.90 Å². The monoisotopic (exact) mass is 402 g/mol. The number of hydrogen-bond donors (Lipinski definition) is 1. The zero-order valence-corrected chi connectivity index (χ0v) is 16.0. The lowest BCUT2D eigenvalue weighted by Gasteiger charge is -2.26. The molecule has 1 N–H and O–H groups in total. The van der Waals surface area contributed by atoms with Crippen LogP contribution in [0, 0.1) is 17.6 Å². The van der Waals surface area contributed by atoms with Gasteiger partial charge in [0.1, 0.15) is 17.3 Å². The first-order valence-corrected chi connectivity index (χ1v) is 9.20. The fourth-order valence-corrected chi connectivity index (χ4v) is 3.73. The molecule has 1 unspecified atom stereocenters. The highest BCUT2D eigenvalue weighted by molar-refractivity contribution is 6.30. The minimum Gasteiger partial charge on any atom is -0.293 e. The number of nitrogens with zero attached hydrogens (tertiary/aromatic N) is 3. The van der Waals surface area contributed by atoms with Gasteiger partial charge in [-0.05, 0) is 24.5 Å². The van der Waals surface area contributed by atoms with E-state index in [0.29, 0.717) is 17.7 Å². The molecule has 0 spiro atoms. The number of H-pyrrole nitrogens is 1.